The minimum absolute atomic E-state index is 0.0240. The fourth-order valence-corrected chi connectivity index (χ4v) is 5.32. The van der Waals surface area contributed by atoms with Crippen LogP contribution in [-0.2, 0) is 22.1 Å². The zero-order valence-electron chi connectivity index (χ0n) is 21.3. The first-order valence-corrected chi connectivity index (χ1v) is 12.9. The van der Waals surface area contributed by atoms with Crippen molar-refractivity contribution in [2.45, 2.75) is 24.6 Å². The number of hydrogen-bond acceptors (Lipinski definition) is 7. The Morgan fingerprint density at radius 3 is 2.48 bits per heavy atom. The van der Waals surface area contributed by atoms with Crippen molar-refractivity contribution >= 4 is 37.6 Å². The molecule has 0 saturated heterocycles. The molecule has 3 aromatic carbocycles. The number of amides is 1. The molecule has 1 heterocycles. The van der Waals surface area contributed by atoms with Gasteiger partial charge in [0.1, 0.15) is 18.3 Å². The van der Waals surface area contributed by atoms with Crippen molar-refractivity contribution in [1.82, 2.24) is 5.32 Å². The van der Waals surface area contributed by atoms with Crippen molar-refractivity contribution in [2.24, 2.45) is 0 Å². The van der Waals surface area contributed by atoms with E-state index in [-0.39, 0.29) is 31.0 Å². The lowest BCUT2D eigenvalue weighted by Gasteiger charge is -2.31. The van der Waals surface area contributed by atoms with Crippen LogP contribution in [0, 0.1) is 0 Å². The van der Waals surface area contributed by atoms with E-state index < -0.39 is 30.0 Å². The van der Waals surface area contributed by atoms with Gasteiger partial charge >= 0.3 is 12.3 Å². The minimum Gasteiger partial charge on any atom is -0.465 e. The van der Waals surface area contributed by atoms with Crippen LogP contribution in [0.5, 0.6) is 11.5 Å². The summed E-state index contributed by atoms with van der Waals surface area (Å²) < 4.78 is 56.2. The Labute approximate surface area is 230 Å². The Kier molecular flexibility index (Phi) is 8.94. The maximum Gasteiger partial charge on any atom is 0.416 e. The van der Waals surface area contributed by atoms with Gasteiger partial charge in [0, 0.05) is 27.3 Å². The fourth-order valence-electron chi connectivity index (χ4n) is 4.24. The van der Waals surface area contributed by atoms with Gasteiger partial charge in [0.25, 0.3) is 0 Å². The van der Waals surface area contributed by atoms with Crippen LogP contribution in [0.25, 0.3) is 20.2 Å². The molecule has 8 nitrogen and oxygen atoms in total. The molecule has 1 unspecified atom stereocenters. The van der Waals surface area contributed by atoms with Gasteiger partial charge in [-0.25, -0.2) is 4.79 Å². The molecule has 1 aromatic heterocycles. The highest BCUT2D eigenvalue weighted by Crippen LogP contribution is 2.34. The van der Waals surface area contributed by atoms with Crippen molar-refractivity contribution in [1.29, 1.82) is 0 Å². The van der Waals surface area contributed by atoms with Crippen LogP contribution < -0.4 is 15.5 Å². The SMILES string of the molecule is COCOCC(CO)(CCc1ccc2sc3cc(Oc4cccc(C(F)(F)F)c4)ccc3c(=O)c2c1)NC(=O)O. The van der Waals surface area contributed by atoms with E-state index in [1.807, 2.05) is 6.07 Å². The molecule has 4 rings (SSSR count). The topological polar surface area (TPSA) is 114 Å². The van der Waals surface area contributed by atoms with E-state index in [0.717, 1.165) is 17.7 Å². The molecule has 40 heavy (non-hydrogen) atoms. The molecule has 0 saturated carbocycles. The third-order valence-electron chi connectivity index (χ3n) is 6.25. The number of aliphatic hydroxyl groups excluding tert-OH is 1. The van der Waals surface area contributed by atoms with Gasteiger partial charge in [-0.3, -0.25) is 4.79 Å². The number of aliphatic hydroxyl groups is 1. The number of hydrogen-bond donors (Lipinski definition) is 3. The molecule has 1 amide bonds. The fraction of sp³-hybridized carbons (Fsp3) is 0.286. The van der Waals surface area contributed by atoms with E-state index in [0.29, 0.717) is 32.3 Å². The van der Waals surface area contributed by atoms with Crippen molar-refractivity contribution in [3.05, 3.63) is 82.0 Å². The molecule has 0 spiro atoms. The molecule has 212 valence electrons. The molecule has 3 N–H and O–H groups in total. The summed E-state index contributed by atoms with van der Waals surface area (Å²) in [4.78, 5) is 24.7. The van der Waals surface area contributed by atoms with Crippen LogP contribution in [0.1, 0.15) is 17.5 Å². The average molecular weight is 578 g/mol. The molecule has 0 fully saturated rings. The molecular weight excluding hydrogens is 551 g/mol. The number of aryl methyl sites for hydroxylation is 1. The van der Waals surface area contributed by atoms with E-state index in [9.17, 15) is 33.0 Å². The van der Waals surface area contributed by atoms with E-state index >= 15 is 0 Å². The average Bonchev–Trinajstić information content (AvgIpc) is 2.91. The predicted octanol–water partition coefficient (Wildman–Crippen LogP) is 5.78. The molecule has 0 aliphatic rings. The molecule has 0 aliphatic carbocycles. The molecule has 0 radical (unpaired) electrons. The monoisotopic (exact) mass is 577 g/mol. The number of methoxy groups -OCH3 is 1. The van der Waals surface area contributed by atoms with Crippen LogP contribution >= 0.6 is 11.3 Å². The summed E-state index contributed by atoms with van der Waals surface area (Å²) in [5, 5.41) is 22.4. The number of benzene rings is 3. The van der Waals surface area contributed by atoms with Crippen LogP contribution in [0.4, 0.5) is 18.0 Å². The number of alkyl halides is 3. The smallest absolute Gasteiger partial charge is 0.416 e. The van der Waals surface area contributed by atoms with Gasteiger partial charge in [0.15, 0.2) is 5.43 Å². The Balaban J connectivity index is 1.59. The minimum atomic E-state index is -4.50. The van der Waals surface area contributed by atoms with Crippen LogP contribution in [-0.4, -0.2) is 49.0 Å². The first-order valence-electron chi connectivity index (χ1n) is 12.1. The van der Waals surface area contributed by atoms with Gasteiger partial charge in [-0.15, -0.1) is 11.3 Å². The zero-order valence-corrected chi connectivity index (χ0v) is 22.1. The lowest BCUT2D eigenvalue weighted by atomic mass is 9.92. The van der Waals surface area contributed by atoms with Gasteiger partial charge in [-0.1, -0.05) is 12.1 Å². The van der Waals surface area contributed by atoms with Crippen LogP contribution in [0.15, 0.2) is 65.5 Å². The lowest BCUT2D eigenvalue weighted by Crippen LogP contribution is -2.54. The highest BCUT2D eigenvalue weighted by Gasteiger charge is 2.32. The van der Waals surface area contributed by atoms with Crippen LogP contribution in [0.2, 0.25) is 0 Å². The van der Waals surface area contributed by atoms with E-state index in [4.69, 9.17) is 14.2 Å². The highest BCUT2D eigenvalue weighted by atomic mass is 32.1. The van der Waals surface area contributed by atoms with Gasteiger partial charge in [-0.2, -0.15) is 13.2 Å². The summed E-state index contributed by atoms with van der Waals surface area (Å²) in [6.07, 6.45) is -5.25. The number of halogens is 3. The normalized spacial score (nSPS) is 13.3. The first-order chi connectivity index (χ1) is 19.0. The third kappa shape index (κ3) is 6.89. The lowest BCUT2D eigenvalue weighted by molar-refractivity contribution is -0.137. The number of fused-ring (bicyclic) bond motifs is 2. The quantitative estimate of drug-likeness (QED) is 0.118. The second-order valence-corrected chi connectivity index (χ2v) is 10.3. The largest absolute Gasteiger partial charge is 0.465 e. The Morgan fingerprint density at radius 1 is 1.00 bits per heavy atom. The van der Waals surface area contributed by atoms with E-state index in [2.05, 4.69) is 5.32 Å². The van der Waals surface area contributed by atoms with Crippen molar-refractivity contribution in [3.8, 4) is 11.5 Å². The van der Waals surface area contributed by atoms with E-state index in [1.165, 1.54) is 36.6 Å². The van der Waals surface area contributed by atoms with E-state index in [1.54, 1.807) is 24.3 Å². The predicted molar refractivity (Wildman–Crippen MR) is 144 cm³/mol. The molecule has 12 heteroatoms. The molecule has 0 aliphatic heterocycles. The van der Waals surface area contributed by atoms with Gasteiger partial charge < -0.3 is 29.7 Å². The molecule has 1 atom stereocenters. The highest BCUT2D eigenvalue weighted by molar-refractivity contribution is 7.24. The Bertz CT molecular complexity index is 1570. The van der Waals surface area contributed by atoms with Gasteiger partial charge in [0.2, 0.25) is 0 Å². The van der Waals surface area contributed by atoms with Gasteiger partial charge in [-0.05, 0) is 66.9 Å². The van der Waals surface area contributed by atoms with Crippen molar-refractivity contribution in [2.75, 3.05) is 27.1 Å². The standard InChI is InChI=1S/C28H26F3NO7S/c1-37-16-38-15-27(14-33,32-26(35)36)10-9-17-5-8-23-22(11-17)25(34)21-7-6-20(13-24(21)40-23)39-19-4-2-3-18(12-19)28(29,30)31/h2-8,11-13,32-33H,9-10,14-16H2,1H3,(H,35,36). The third-order valence-corrected chi connectivity index (χ3v) is 7.38. The number of carbonyl (C=O) groups is 1. The summed E-state index contributed by atoms with van der Waals surface area (Å²) in [6, 6.07) is 14.6. The van der Waals surface area contributed by atoms with Gasteiger partial charge in [0.05, 0.1) is 24.3 Å². The Morgan fingerprint density at radius 2 is 1.77 bits per heavy atom. The first kappa shape index (κ1) is 29.3. The summed E-state index contributed by atoms with van der Waals surface area (Å²) in [7, 11) is 1.43. The summed E-state index contributed by atoms with van der Waals surface area (Å²) in [6.45, 7) is -0.678. The number of nitrogens with one attached hydrogen (secondary N) is 1. The summed E-state index contributed by atoms with van der Waals surface area (Å²) >= 11 is 1.33. The maximum absolute atomic E-state index is 13.3. The number of rotatable bonds is 11. The summed E-state index contributed by atoms with van der Waals surface area (Å²) in [5.74, 6) is 0.316. The zero-order chi connectivity index (χ0) is 28.9. The molecule has 0 bridgehead atoms. The molecular formula is C28H26F3NO7S. The van der Waals surface area contributed by atoms with Crippen molar-refractivity contribution in [3.63, 3.8) is 0 Å². The number of ether oxygens (including phenoxy) is 3. The Hall–Kier alpha value is -3.71. The van der Waals surface area contributed by atoms with Crippen LogP contribution in [0.3, 0.4) is 0 Å². The van der Waals surface area contributed by atoms with Crippen molar-refractivity contribution < 1.29 is 42.4 Å². The summed E-state index contributed by atoms with van der Waals surface area (Å²) in [5.41, 5.74) is -1.55. The molecule has 4 aromatic rings. The second kappa shape index (κ2) is 12.2. The number of carboxylic acid groups (broad SMARTS) is 1. The maximum atomic E-state index is 13.3. The second-order valence-electron chi connectivity index (χ2n) is 9.17.